The van der Waals surface area contributed by atoms with Gasteiger partial charge in [-0.1, -0.05) is 0 Å². The Kier molecular flexibility index (Phi) is 3.96. The number of anilines is 1. The summed E-state index contributed by atoms with van der Waals surface area (Å²) in [6.45, 7) is 2.84. The van der Waals surface area contributed by atoms with E-state index in [1.807, 2.05) is 0 Å². The maximum Gasteiger partial charge on any atom is 0.357 e. The van der Waals surface area contributed by atoms with Crippen molar-refractivity contribution in [3.8, 4) is 0 Å². The van der Waals surface area contributed by atoms with Crippen molar-refractivity contribution in [1.82, 2.24) is 4.98 Å². The number of methoxy groups -OCH3 is 1. The van der Waals surface area contributed by atoms with Crippen LogP contribution >= 0.6 is 11.3 Å². The first kappa shape index (κ1) is 12.3. The Morgan fingerprint density at radius 1 is 1.71 bits per heavy atom. The monoisotopic (exact) mass is 256 g/mol. The second-order valence-corrected chi connectivity index (χ2v) is 4.93. The van der Waals surface area contributed by atoms with Crippen molar-refractivity contribution in [2.45, 2.75) is 31.9 Å². The Balaban J connectivity index is 1.94. The molecule has 0 amide bonds. The highest BCUT2D eigenvalue weighted by Gasteiger charge is 2.20. The Morgan fingerprint density at radius 3 is 3.24 bits per heavy atom. The van der Waals surface area contributed by atoms with E-state index in [1.54, 1.807) is 5.38 Å². The van der Waals surface area contributed by atoms with Crippen molar-refractivity contribution in [2.24, 2.45) is 0 Å². The summed E-state index contributed by atoms with van der Waals surface area (Å²) in [5.41, 5.74) is 0.361. The Morgan fingerprint density at radius 2 is 2.53 bits per heavy atom. The van der Waals surface area contributed by atoms with Gasteiger partial charge in [-0.15, -0.1) is 11.3 Å². The summed E-state index contributed by atoms with van der Waals surface area (Å²) < 4.78 is 10.1. The molecular weight excluding hydrogens is 240 g/mol. The number of esters is 1. The zero-order valence-electron chi connectivity index (χ0n) is 9.93. The fourth-order valence-corrected chi connectivity index (χ4v) is 2.60. The minimum absolute atomic E-state index is 0.279. The van der Waals surface area contributed by atoms with E-state index in [4.69, 9.17) is 4.74 Å². The molecular formula is C11H16N2O3S. The molecule has 1 aromatic heterocycles. The van der Waals surface area contributed by atoms with E-state index in [-0.39, 0.29) is 6.10 Å². The first-order valence-electron chi connectivity index (χ1n) is 5.61. The Bertz CT molecular complexity index is 394. The predicted octanol–water partition coefficient (Wildman–Crippen LogP) is 1.91. The van der Waals surface area contributed by atoms with Crippen LogP contribution in [0.25, 0.3) is 0 Å². The molecule has 1 aliphatic rings. The van der Waals surface area contributed by atoms with Gasteiger partial charge in [-0.3, -0.25) is 0 Å². The number of hydrogen-bond donors (Lipinski definition) is 1. The largest absolute Gasteiger partial charge is 0.464 e. The zero-order valence-corrected chi connectivity index (χ0v) is 10.8. The summed E-state index contributed by atoms with van der Waals surface area (Å²) in [5, 5.41) is 5.80. The number of ether oxygens (including phenoxy) is 2. The number of hydrogen-bond acceptors (Lipinski definition) is 6. The van der Waals surface area contributed by atoms with E-state index < -0.39 is 5.97 Å². The van der Waals surface area contributed by atoms with E-state index in [9.17, 15) is 4.79 Å². The molecule has 94 valence electrons. The molecule has 0 spiro atoms. The van der Waals surface area contributed by atoms with Crippen molar-refractivity contribution in [3.05, 3.63) is 11.1 Å². The molecule has 1 aliphatic heterocycles. The lowest BCUT2D eigenvalue weighted by atomic mass is 10.1. The maximum atomic E-state index is 11.2. The minimum Gasteiger partial charge on any atom is -0.464 e. The third-order valence-electron chi connectivity index (χ3n) is 2.71. The molecule has 2 unspecified atom stereocenters. The van der Waals surface area contributed by atoms with Crippen molar-refractivity contribution >= 4 is 22.4 Å². The molecule has 1 aromatic rings. The lowest BCUT2D eigenvalue weighted by Crippen LogP contribution is -2.32. The molecule has 1 saturated heterocycles. The molecule has 0 aliphatic carbocycles. The number of nitrogens with zero attached hydrogens (tertiary/aromatic N) is 1. The summed E-state index contributed by atoms with van der Waals surface area (Å²) in [6.07, 6.45) is 2.21. The van der Waals surface area contributed by atoms with Crippen molar-refractivity contribution in [3.63, 3.8) is 0 Å². The van der Waals surface area contributed by atoms with Crippen LogP contribution in [0.2, 0.25) is 0 Å². The average Bonchev–Trinajstić information content (AvgIpc) is 2.76. The molecule has 2 atom stereocenters. The van der Waals surface area contributed by atoms with Crippen LogP contribution in [0.3, 0.4) is 0 Å². The number of thiazole rings is 1. The molecule has 0 saturated carbocycles. The fourth-order valence-electron chi connectivity index (χ4n) is 1.84. The average molecular weight is 256 g/mol. The van der Waals surface area contributed by atoms with Gasteiger partial charge in [0, 0.05) is 18.0 Å². The number of carbonyl (C=O) groups excluding carboxylic acids is 1. The lowest BCUT2D eigenvalue weighted by molar-refractivity contribution is 0.0232. The smallest absolute Gasteiger partial charge is 0.357 e. The first-order chi connectivity index (χ1) is 8.19. The van der Waals surface area contributed by atoms with Gasteiger partial charge in [0.25, 0.3) is 0 Å². The summed E-state index contributed by atoms with van der Waals surface area (Å²) >= 11 is 1.42. The highest BCUT2D eigenvalue weighted by molar-refractivity contribution is 7.13. The molecule has 0 bridgehead atoms. The summed E-state index contributed by atoms with van der Waals surface area (Å²) in [7, 11) is 1.36. The minimum atomic E-state index is -0.394. The van der Waals surface area contributed by atoms with Gasteiger partial charge in [-0.05, 0) is 19.8 Å². The van der Waals surface area contributed by atoms with Crippen LogP contribution in [-0.2, 0) is 9.47 Å². The molecule has 5 nitrogen and oxygen atoms in total. The van der Waals surface area contributed by atoms with E-state index >= 15 is 0 Å². The van der Waals surface area contributed by atoms with Crippen LogP contribution in [0.15, 0.2) is 5.38 Å². The molecule has 2 rings (SSSR count). The topological polar surface area (TPSA) is 60.5 Å². The van der Waals surface area contributed by atoms with Crippen LogP contribution < -0.4 is 5.32 Å². The van der Waals surface area contributed by atoms with Crippen molar-refractivity contribution < 1.29 is 14.3 Å². The standard InChI is InChI=1S/C11H16N2O3S/c1-7-5-8(3-4-16-7)12-11-13-9(6-17-11)10(14)15-2/h6-8H,3-5H2,1-2H3,(H,12,13). The number of nitrogens with one attached hydrogen (secondary N) is 1. The van der Waals surface area contributed by atoms with Crippen LogP contribution in [0.1, 0.15) is 30.3 Å². The molecule has 0 aromatic carbocycles. The second kappa shape index (κ2) is 5.46. The van der Waals surface area contributed by atoms with Crippen LogP contribution in [0.4, 0.5) is 5.13 Å². The Labute approximate surface area is 104 Å². The lowest BCUT2D eigenvalue weighted by Gasteiger charge is -2.27. The highest BCUT2D eigenvalue weighted by atomic mass is 32.1. The van der Waals surface area contributed by atoms with Gasteiger partial charge in [-0.25, -0.2) is 9.78 Å². The van der Waals surface area contributed by atoms with Crippen molar-refractivity contribution in [1.29, 1.82) is 0 Å². The van der Waals surface area contributed by atoms with Crippen molar-refractivity contribution in [2.75, 3.05) is 19.0 Å². The van der Waals surface area contributed by atoms with Gasteiger partial charge in [0.15, 0.2) is 10.8 Å². The predicted molar refractivity (Wildman–Crippen MR) is 65.5 cm³/mol. The fraction of sp³-hybridized carbons (Fsp3) is 0.636. The molecule has 17 heavy (non-hydrogen) atoms. The van der Waals surface area contributed by atoms with E-state index in [2.05, 4.69) is 22.0 Å². The highest BCUT2D eigenvalue weighted by Crippen LogP contribution is 2.21. The van der Waals surface area contributed by atoms with E-state index in [1.165, 1.54) is 18.4 Å². The van der Waals surface area contributed by atoms with Crippen LogP contribution in [0, 0.1) is 0 Å². The first-order valence-corrected chi connectivity index (χ1v) is 6.49. The third-order valence-corrected chi connectivity index (χ3v) is 3.48. The van der Waals surface area contributed by atoms with Gasteiger partial charge >= 0.3 is 5.97 Å². The molecule has 2 heterocycles. The summed E-state index contributed by atoms with van der Waals surface area (Å²) in [4.78, 5) is 15.4. The van der Waals surface area contributed by atoms with Gasteiger partial charge in [0.2, 0.25) is 0 Å². The summed E-state index contributed by atoms with van der Waals surface area (Å²) in [6, 6.07) is 0.371. The van der Waals surface area contributed by atoms with Gasteiger partial charge < -0.3 is 14.8 Å². The van der Waals surface area contributed by atoms with Crippen LogP contribution in [0.5, 0.6) is 0 Å². The number of aromatic nitrogens is 1. The third kappa shape index (κ3) is 3.17. The number of carbonyl (C=O) groups is 1. The second-order valence-electron chi connectivity index (χ2n) is 4.08. The molecule has 1 N–H and O–H groups in total. The quantitative estimate of drug-likeness (QED) is 0.837. The maximum absolute atomic E-state index is 11.2. The SMILES string of the molecule is COC(=O)c1csc(NC2CCOC(C)C2)n1. The number of rotatable bonds is 3. The molecule has 0 radical (unpaired) electrons. The molecule has 1 fully saturated rings. The van der Waals surface area contributed by atoms with E-state index in [0.29, 0.717) is 11.7 Å². The Hall–Kier alpha value is -1.14. The summed E-state index contributed by atoms with van der Waals surface area (Å²) in [5.74, 6) is -0.394. The van der Waals surface area contributed by atoms with E-state index in [0.717, 1.165) is 24.6 Å². The van der Waals surface area contributed by atoms with Gasteiger partial charge in [0.05, 0.1) is 13.2 Å². The zero-order chi connectivity index (χ0) is 12.3. The molecule has 6 heteroatoms. The van der Waals surface area contributed by atoms with Gasteiger partial charge in [-0.2, -0.15) is 0 Å². The van der Waals surface area contributed by atoms with Gasteiger partial charge in [0.1, 0.15) is 0 Å². The van der Waals surface area contributed by atoms with Crippen LogP contribution in [-0.4, -0.2) is 36.8 Å². The normalized spacial score (nSPS) is 24.4.